The summed E-state index contributed by atoms with van der Waals surface area (Å²) in [6.45, 7) is 1.33. The van der Waals surface area contributed by atoms with Crippen LogP contribution in [0.5, 0.6) is 5.75 Å². The molecule has 0 bridgehead atoms. The molecule has 2 N–H and O–H groups in total. The van der Waals surface area contributed by atoms with Crippen LogP contribution in [0.3, 0.4) is 0 Å². The Kier molecular flexibility index (Phi) is 7.94. The molecule has 0 aliphatic carbocycles. The molecule has 4 rings (SSSR count). The van der Waals surface area contributed by atoms with Gasteiger partial charge in [0.2, 0.25) is 0 Å². The summed E-state index contributed by atoms with van der Waals surface area (Å²) in [7, 11) is 1.65. The number of hydrogen-bond acceptors (Lipinski definition) is 4. The Morgan fingerprint density at radius 1 is 1.16 bits per heavy atom. The van der Waals surface area contributed by atoms with Crippen molar-refractivity contribution in [3.8, 4) is 5.75 Å². The molecule has 1 atom stereocenters. The van der Waals surface area contributed by atoms with Crippen LogP contribution in [0.1, 0.15) is 40.0 Å². The van der Waals surface area contributed by atoms with Crippen molar-refractivity contribution in [2.24, 2.45) is 0 Å². The van der Waals surface area contributed by atoms with E-state index in [9.17, 15) is 18.4 Å². The van der Waals surface area contributed by atoms with E-state index < -0.39 is 17.5 Å². The number of benzene rings is 3. The Bertz CT molecular complexity index is 1320. The maximum atomic E-state index is 14.7. The minimum Gasteiger partial charge on any atom is -0.488 e. The van der Waals surface area contributed by atoms with Crippen molar-refractivity contribution in [2.75, 3.05) is 25.2 Å². The highest BCUT2D eigenvalue weighted by molar-refractivity contribution is 6.31. The Morgan fingerprint density at radius 3 is 2.65 bits per heavy atom. The normalized spacial score (nSPS) is 15.0. The summed E-state index contributed by atoms with van der Waals surface area (Å²) in [5.74, 6) is -1.67. The lowest BCUT2D eigenvalue weighted by molar-refractivity contribution is 0.0950. The van der Waals surface area contributed by atoms with Crippen LogP contribution in [-0.2, 0) is 13.1 Å². The van der Waals surface area contributed by atoms with Gasteiger partial charge in [-0.05, 0) is 42.8 Å². The van der Waals surface area contributed by atoms with Crippen LogP contribution >= 0.6 is 11.6 Å². The number of halogens is 3. The second-order valence-electron chi connectivity index (χ2n) is 8.61. The molecular formula is C27H26ClF2N3O4. The van der Waals surface area contributed by atoms with Gasteiger partial charge >= 0.3 is 6.03 Å². The second kappa shape index (κ2) is 11.1. The van der Waals surface area contributed by atoms with E-state index in [4.69, 9.17) is 21.4 Å². The summed E-state index contributed by atoms with van der Waals surface area (Å²) >= 11 is 6.21. The molecule has 3 aromatic rings. The van der Waals surface area contributed by atoms with E-state index in [-0.39, 0.29) is 65.8 Å². The molecule has 0 saturated heterocycles. The number of urea groups is 1. The largest absolute Gasteiger partial charge is 0.488 e. The van der Waals surface area contributed by atoms with Crippen molar-refractivity contribution in [1.29, 1.82) is 0 Å². The lowest BCUT2D eigenvalue weighted by Gasteiger charge is -2.39. The van der Waals surface area contributed by atoms with Gasteiger partial charge in [-0.25, -0.2) is 13.6 Å². The van der Waals surface area contributed by atoms with Crippen molar-refractivity contribution in [3.63, 3.8) is 0 Å². The molecule has 1 aliphatic heterocycles. The lowest BCUT2D eigenvalue weighted by Crippen LogP contribution is -2.46. The fourth-order valence-electron chi connectivity index (χ4n) is 4.17. The molecule has 1 heterocycles. The van der Waals surface area contributed by atoms with Gasteiger partial charge in [0, 0.05) is 35.3 Å². The molecule has 7 nitrogen and oxygen atoms in total. The Morgan fingerprint density at radius 2 is 1.92 bits per heavy atom. The maximum absolute atomic E-state index is 14.7. The summed E-state index contributed by atoms with van der Waals surface area (Å²) in [4.78, 5) is 29.1. The van der Waals surface area contributed by atoms with Crippen LogP contribution in [0.2, 0.25) is 5.02 Å². The first-order valence-electron chi connectivity index (χ1n) is 11.6. The topological polar surface area (TPSA) is 82.1 Å². The third kappa shape index (κ3) is 5.38. The molecule has 0 fully saturated rings. The van der Waals surface area contributed by atoms with E-state index >= 15 is 0 Å². The number of carbonyl (C=O) groups is 2. The number of nitrogens with one attached hydrogen (secondary N) is 1. The number of carbonyl (C=O) groups excluding carboxylic acids is 2. The first-order chi connectivity index (χ1) is 17.7. The SMILES string of the molecule is CC1c2ccc(C(=O)NCc3cccc(OCCO)c3F)cc2N(Cc2c(F)cccc2Cl)C(=O)N1C. The van der Waals surface area contributed by atoms with Gasteiger partial charge in [-0.3, -0.25) is 9.69 Å². The summed E-state index contributed by atoms with van der Waals surface area (Å²) in [5.41, 5.74) is 1.88. The van der Waals surface area contributed by atoms with Crippen LogP contribution in [-0.4, -0.2) is 42.2 Å². The van der Waals surface area contributed by atoms with Gasteiger partial charge in [0.15, 0.2) is 11.6 Å². The molecule has 37 heavy (non-hydrogen) atoms. The zero-order valence-corrected chi connectivity index (χ0v) is 21.1. The van der Waals surface area contributed by atoms with Gasteiger partial charge in [-0.2, -0.15) is 0 Å². The van der Waals surface area contributed by atoms with E-state index in [0.717, 1.165) is 5.56 Å². The number of aliphatic hydroxyl groups is 1. The van der Waals surface area contributed by atoms with Gasteiger partial charge in [0.25, 0.3) is 5.91 Å². The Hall–Kier alpha value is -3.69. The van der Waals surface area contributed by atoms with Crippen LogP contribution in [0, 0.1) is 11.6 Å². The first-order valence-corrected chi connectivity index (χ1v) is 12.0. The molecule has 0 aromatic heterocycles. The molecule has 0 saturated carbocycles. The van der Waals surface area contributed by atoms with Crippen LogP contribution < -0.4 is 15.0 Å². The van der Waals surface area contributed by atoms with E-state index in [1.807, 2.05) is 6.92 Å². The standard InChI is InChI=1S/C27H26ClF2N3O4/c1-16-19-10-9-17(26(35)31-14-18-5-3-8-24(25(18)30)37-12-11-34)13-23(19)33(27(36)32(16)2)15-20-21(28)6-4-7-22(20)29/h3-10,13,16,34H,11-12,14-15H2,1-2H3,(H,31,35). The quantitative estimate of drug-likeness (QED) is 0.428. The summed E-state index contributed by atoms with van der Waals surface area (Å²) < 4.78 is 34.4. The summed E-state index contributed by atoms with van der Waals surface area (Å²) in [5, 5.41) is 11.8. The molecule has 1 aliphatic rings. The Balaban J connectivity index is 1.60. The number of aliphatic hydroxyl groups excluding tert-OH is 1. The molecule has 0 spiro atoms. The van der Waals surface area contributed by atoms with Crippen molar-refractivity contribution < 1.29 is 28.2 Å². The zero-order valence-electron chi connectivity index (χ0n) is 20.3. The summed E-state index contributed by atoms with van der Waals surface area (Å²) in [6, 6.07) is 13.2. The van der Waals surface area contributed by atoms with Gasteiger partial charge in [0.1, 0.15) is 12.4 Å². The number of ether oxygens (including phenoxy) is 1. The van der Waals surface area contributed by atoms with E-state index in [1.165, 1.54) is 34.1 Å². The fraction of sp³-hybridized carbons (Fsp3) is 0.259. The van der Waals surface area contributed by atoms with Gasteiger partial charge < -0.3 is 20.1 Å². The Labute approximate surface area is 218 Å². The van der Waals surface area contributed by atoms with Crippen LogP contribution in [0.4, 0.5) is 19.3 Å². The first kappa shape index (κ1) is 26.4. The smallest absolute Gasteiger partial charge is 0.325 e. The number of amides is 3. The number of nitrogens with zero attached hydrogens (tertiary/aromatic N) is 2. The highest BCUT2D eigenvalue weighted by atomic mass is 35.5. The van der Waals surface area contributed by atoms with Gasteiger partial charge in [0.05, 0.1) is 24.9 Å². The fourth-order valence-corrected chi connectivity index (χ4v) is 4.39. The minimum atomic E-state index is -0.628. The average Bonchev–Trinajstić information content (AvgIpc) is 2.89. The van der Waals surface area contributed by atoms with E-state index in [1.54, 1.807) is 37.4 Å². The number of hydrogen-bond donors (Lipinski definition) is 2. The molecule has 1 unspecified atom stereocenters. The molecular weight excluding hydrogens is 504 g/mol. The second-order valence-corrected chi connectivity index (χ2v) is 9.02. The van der Waals surface area contributed by atoms with Crippen LogP contribution in [0.15, 0.2) is 54.6 Å². The predicted molar refractivity (Wildman–Crippen MR) is 136 cm³/mol. The van der Waals surface area contributed by atoms with Crippen molar-refractivity contribution in [3.05, 3.63) is 93.5 Å². The highest BCUT2D eigenvalue weighted by Gasteiger charge is 2.34. The van der Waals surface area contributed by atoms with Gasteiger partial charge in [-0.15, -0.1) is 0 Å². The number of anilines is 1. The third-order valence-corrected chi connectivity index (χ3v) is 6.71. The maximum Gasteiger partial charge on any atom is 0.325 e. The monoisotopic (exact) mass is 529 g/mol. The van der Waals surface area contributed by atoms with Gasteiger partial charge in [-0.1, -0.05) is 35.9 Å². The number of fused-ring (bicyclic) bond motifs is 1. The zero-order chi connectivity index (χ0) is 26.7. The highest BCUT2D eigenvalue weighted by Crippen LogP contribution is 2.38. The number of rotatable bonds is 8. The van der Waals surface area contributed by atoms with Crippen molar-refractivity contribution in [1.82, 2.24) is 10.2 Å². The van der Waals surface area contributed by atoms with Crippen molar-refractivity contribution >= 4 is 29.2 Å². The molecule has 194 valence electrons. The van der Waals surface area contributed by atoms with Crippen LogP contribution in [0.25, 0.3) is 0 Å². The minimum absolute atomic E-state index is 0.0198. The predicted octanol–water partition coefficient (Wildman–Crippen LogP) is 5.05. The average molecular weight is 530 g/mol. The molecule has 10 heteroatoms. The summed E-state index contributed by atoms with van der Waals surface area (Å²) in [6.07, 6.45) is 0. The molecule has 0 radical (unpaired) electrons. The lowest BCUT2D eigenvalue weighted by atomic mass is 9.98. The third-order valence-electron chi connectivity index (χ3n) is 6.36. The molecule has 3 amide bonds. The van der Waals surface area contributed by atoms with E-state index in [0.29, 0.717) is 5.69 Å². The molecule has 3 aromatic carbocycles. The van der Waals surface area contributed by atoms with E-state index in [2.05, 4.69) is 5.32 Å². The van der Waals surface area contributed by atoms with Crippen molar-refractivity contribution in [2.45, 2.75) is 26.1 Å².